The Morgan fingerprint density at radius 2 is 2.00 bits per heavy atom. The normalized spacial score (nSPS) is 10.7. The molecule has 0 aliphatic rings. The molecule has 6 nitrogen and oxygen atoms in total. The number of nitrogens with zero attached hydrogens (tertiary/aromatic N) is 4. The first kappa shape index (κ1) is 18.9. The third kappa shape index (κ3) is 4.35. The van der Waals surface area contributed by atoms with Crippen molar-refractivity contribution in [3.8, 4) is 11.6 Å². The van der Waals surface area contributed by atoms with Crippen LogP contribution in [-0.4, -0.2) is 32.7 Å². The number of thiophene rings is 1. The fourth-order valence-corrected chi connectivity index (χ4v) is 3.78. The van der Waals surface area contributed by atoms with Gasteiger partial charge in [-0.15, -0.1) is 11.3 Å². The number of aromatic nitrogens is 3. The number of amides is 1. The molecule has 4 aromatic rings. The van der Waals surface area contributed by atoms with Crippen molar-refractivity contribution in [3.63, 3.8) is 0 Å². The fraction of sp³-hybridized carbons (Fsp3) is 0.136. The molecule has 0 atom stereocenters. The molecular formula is C22H20N4O2S. The molecule has 29 heavy (non-hydrogen) atoms. The van der Waals surface area contributed by atoms with E-state index in [2.05, 4.69) is 10.1 Å². The van der Waals surface area contributed by atoms with E-state index in [1.54, 1.807) is 47.7 Å². The molecule has 0 saturated carbocycles. The first-order chi connectivity index (χ1) is 14.2. The van der Waals surface area contributed by atoms with Crippen molar-refractivity contribution in [1.82, 2.24) is 19.7 Å². The highest BCUT2D eigenvalue weighted by molar-refractivity contribution is 7.09. The molecule has 0 radical (unpaired) electrons. The summed E-state index contributed by atoms with van der Waals surface area (Å²) in [7, 11) is 1.64. The first-order valence-corrected chi connectivity index (χ1v) is 10.0. The van der Waals surface area contributed by atoms with Gasteiger partial charge in [0.25, 0.3) is 5.91 Å². The highest BCUT2D eigenvalue weighted by Crippen LogP contribution is 2.23. The van der Waals surface area contributed by atoms with Crippen LogP contribution in [0.25, 0.3) is 5.82 Å². The highest BCUT2D eigenvalue weighted by Gasteiger charge is 2.19. The van der Waals surface area contributed by atoms with Crippen LogP contribution in [0.2, 0.25) is 0 Å². The van der Waals surface area contributed by atoms with Crippen molar-refractivity contribution < 1.29 is 9.53 Å². The molecule has 0 aliphatic heterocycles. The summed E-state index contributed by atoms with van der Waals surface area (Å²) in [5.41, 5.74) is 1.49. The quantitative estimate of drug-likeness (QED) is 0.464. The Morgan fingerprint density at radius 3 is 2.69 bits per heavy atom. The lowest BCUT2D eigenvalue weighted by Gasteiger charge is -2.23. The van der Waals surface area contributed by atoms with Crippen LogP contribution >= 0.6 is 11.3 Å². The molecule has 3 aromatic heterocycles. The molecule has 146 valence electrons. The van der Waals surface area contributed by atoms with Crippen LogP contribution in [0.5, 0.6) is 5.75 Å². The Balaban J connectivity index is 1.60. The average molecular weight is 404 g/mol. The lowest BCUT2D eigenvalue weighted by molar-refractivity contribution is 0.0730. The predicted molar refractivity (Wildman–Crippen MR) is 112 cm³/mol. The number of para-hydroxylation sites is 1. The van der Waals surface area contributed by atoms with Crippen LogP contribution < -0.4 is 4.74 Å². The minimum atomic E-state index is -0.0798. The van der Waals surface area contributed by atoms with E-state index < -0.39 is 0 Å². The van der Waals surface area contributed by atoms with Gasteiger partial charge in [0.2, 0.25) is 0 Å². The van der Waals surface area contributed by atoms with Gasteiger partial charge < -0.3 is 9.64 Å². The number of carbonyl (C=O) groups excluding carboxylic acids is 1. The van der Waals surface area contributed by atoms with Gasteiger partial charge in [-0.1, -0.05) is 24.3 Å². The van der Waals surface area contributed by atoms with Crippen LogP contribution in [0.1, 0.15) is 20.8 Å². The van der Waals surface area contributed by atoms with Gasteiger partial charge in [-0.3, -0.25) is 4.79 Å². The molecule has 3 heterocycles. The zero-order valence-electron chi connectivity index (χ0n) is 15.9. The number of methoxy groups -OCH3 is 1. The van der Waals surface area contributed by atoms with Crippen LogP contribution in [0.4, 0.5) is 0 Å². The second kappa shape index (κ2) is 8.70. The molecule has 0 saturated heterocycles. The van der Waals surface area contributed by atoms with Crippen molar-refractivity contribution in [2.45, 2.75) is 13.1 Å². The topological polar surface area (TPSA) is 60.2 Å². The summed E-state index contributed by atoms with van der Waals surface area (Å²) in [6.07, 6.45) is 5.11. The van der Waals surface area contributed by atoms with E-state index in [1.165, 1.54) is 0 Å². The Hall–Kier alpha value is -3.45. The minimum Gasteiger partial charge on any atom is -0.496 e. The van der Waals surface area contributed by atoms with Crippen LogP contribution in [-0.2, 0) is 13.1 Å². The van der Waals surface area contributed by atoms with Gasteiger partial charge in [0.15, 0.2) is 5.82 Å². The Labute approximate surface area is 173 Å². The fourth-order valence-electron chi connectivity index (χ4n) is 3.06. The van der Waals surface area contributed by atoms with E-state index in [1.807, 2.05) is 58.9 Å². The van der Waals surface area contributed by atoms with Gasteiger partial charge >= 0.3 is 0 Å². The number of rotatable bonds is 7. The number of hydrogen-bond donors (Lipinski definition) is 0. The van der Waals surface area contributed by atoms with Gasteiger partial charge in [-0.25, -0.2) is 9.67 Å². The monoisotopic (exact) mass is 404 g/mol. The molecular weight excluding hydrogens is 384 g/mol. The first-order valence-electron chi connectivity index (χ1n) is 9.14. The van der Waals surface area contributed by atoms with E-state index in [4.69, 9.17) is 4.74 Å². The minimum absolute atomic E-state index is 0.0798. The van der Waals surface area contributed by atoms with Gasteiger partial charge in [0, 0.05) is 29.0 Å². The van der Waals surface area contributed by atoms with E-state index in [0.717, 1.165) is 16.2 Å². The van der Waals surface area contributed by atoms with Crippen molar-refractivity contribution in [2.24, 2.45) is 0 Å². The zero-order valence-corrected chi connectivity index (χ0v) is 16.7. The SMILES string of the molecule is COc1ccccc1CN(Cc1cccs1)C(=O)c1ccc(-n2cccn2)nc1. The average Bonchev–Trinajstić information content (AvgIpc) is 3.48. The summed E-state index contributed by atoms with van der Waals surface area (Å²) >= 11 is 1.63. The number of carbonyl (C=O) groups is 1. The molecule has 0 fully saturated rings. The summed E-state index contributed by atoms with van der Waals surface area (Å²) < 4.78 is 7.13. The summed E-state index contributed by atoms with van der Waals surface area (Å²) in [6.45, 7) is 0.969. The third-order valence-corrected chi connectivity index (χ3v) is 5.36. The number of pyridine rings is 1. The van der Waals surface area contributed by atoms with E-state index in [9.17, 15) is 4.79 Å². The van der Waals surface area contributed by atoms with Gasteiger partial charge in [-0.05, 0) is 35.7 Å². The molecule has 0 unspecified atom stereocenters. The largest absolute Gasteiger partial charge is 0.496 e. The summed E-state index contributed by atoms with van der Waals surface area (Å²) in [6, 6.07) is 17.2. The lowest BCUT2D eigenvalue weighted by Crippen LogP contribution is -2.30. The van der Waals surface area contributed by atoms with Crippen LogP contribution in [0, 0.1) is 0 Å². The molecule has 4 rings (SSSR count). The van der Waals surface area contributed by atoms with E-state index in [-0.39, 0.29) is 5.91 Å². The van der Waals surface area contributed by atoms with Crippen molar-refractivity contribution in [3.05, 3.63) is 94.6 Å². The second-order valence-corrected chi connectivity index (χ2v) is 7.44. The summed E-state index contributed by atoms with van der Waals surface area (Å²) in [5.74, 6) is 1.36. The standard InChI is InChI=1S/C22H20N4O2S/c1-28-20-8-3-2-6-18(20)15-25(16-19-7-4-13-29-19)22(27)17-9-10-21(23-14-17)26-12-5-11-24-26/h2-14H,15-16H2,1H3. The maximum Gasteiger partial charge on any atom is 0.256 e. The smallest absolute Gasteiger partial charge is 0.256 e. The molecule has 0 aliphatic carbocycles. The number of ether oxygens (including phenoxy) is 1. The van der Waals surface area contributed by atoms with Crippen molar-refractivity contribution in [2.75, 3.05) is 7.11 Å². The molecule has 1 amide bonds. The Morgan fingerprint density at radius 1 is 1.10 bits per heavy atom. The molecule has 0 spiro atoms. The van der Waals surface area contributed by atoms with Gasteiger partial charge in [0.1, 0.15) is 5.75 Å². The molecule has 0 bridgehead atoms. The summed E-state index contributed by atoms with van der Waals surface area (Å²) in [4.78, 5) is 20.6. The maximum atomic E-state index is 13.3. The lowest BCUT2D eigenvalue weighted by atomic mass is 10.1. The highest BCUT2D eigenvalue weighted by atomic mass is 32.1. The van der Waals surface area contributed by atoms with Crippen molar-refractivity contribution >= 4 is 17.2 Å². The van der Waals surface area contributed by atoms with Crippen molar-refractivity contribution in [1.29, 1.82) is 0 Å². The zero-order chi connectivity index (χ0) is 20.1. The Kier molecular flexibility index (Phi) is 5.67. The van der Waals surface area contributed by atoms with E-state index >= 15 is 0 Å². The second-order valence-electron chi connectivity index (χ2n) is 6.41. The number of hydrogen-bond acceptors (Lipinski definition) is 5. The van der Waals surface area contributed by atoms with Crippen LogP contribution in [0.15, 0.2) is 78.6 Å². The third-order valence-electron chi connectivity index (χ3n) is 4.50. The molecule has 0 N–H and O–H groups in total. The molecule has 1 aromatic carbocycles. The summed E-state index contributed by atoms with van der Waals surface area (Å²) in [5, 5.41) is 6.18. The van der Waals surface area contributed by atoms with Crippen LogP contribution in [0.3, 0.4) is 0 Å². The van der Waals surface area contributed by atoms with E-state index in [0.29, 0.717) is 24.5 Å². The van der Waals surface area contributed by atoms with Gasteiger partial charge in [0.05, 0.1) is 25.8 Å². The Bertz CT molecular complexity index is 1060. The molecule has 7 heteroatoms. The maximum absolute atomic E-state index is 13.3. The predicted octanol–water partition coefficient (Wildman–Crippen LogP) is 4.18. The van der Waals surface area contributed by atoms with Gasteiger partial charge in [-0.2, -0.15) is 5.10 Å². The number of benzene rings is 1.